The van der Waals surface area contributed by atoms with Crippen molar-refractivity contribution in [2.45, 2.75) is 6.36 Å². The molecule has 1 rings (SSSR count). The molecule has 86 valence electrons. The zero-order valence-electron chi connectivity index (χ0n) is 7.80. The van der Waals surface area contributed by atoms with E-state index in [1.165, 1.54) is 13.2 Å². The Balaban J connectivity index is 3.25. The summed E-state index contributed by atoms with van der Waals surface area (Å²) in [6, 6.07) is 2.81. The van der Waals surface area contributed by atoms with Gasteiger partial charge >= 0.3 is 6.36 Å². The maximum atomic E-state index is 12.0. The first-order valence-electron chi connectivity index (χ1n) is 3.77. The Bertz CT molecular complexity index is 442. The van der Waals surface area contributed by atoms with Gasteiger partial charge in [0.2, 0.25) is 11.8 Å². The lowest BCUT2D eigenvalue weighted by atomic mass is 10.3. The largest absolute Gasteiger partial charge is 0.574 e. The molecule has 0 fully saturated rings. The summed E-state index contributed by atoms with van der Waals surface area (Å²) in [5.41, 5.74) is -0.349. The highest BCUT2D eigenvalue weighted by Crippen LogP contribution is 2.31. The molecule has 16 heavy (non-hydrogen) atoms. The van der Waals surface area contributed by atoms with Crippen molar-refractivity contribution in [3.63, 3.8) is 0 Å². The molecular formula is C8H4BrF3N2O2. The number of halogens is 4. The standard InChI is InChI=1S/C8H4BrF3N2O2/c1-15-6-2-5(9)4(3-13)7(14-6)16-8(10,11)12/h2H,1H3. The van der Waals surface area contributed by atoms with Crippen LogP contribution in [0.5, 0.6) is 11.8 Å². The number of nitriles is 1. The molecule has 0 atom stereocenters. The summed E-state index contributed by atoms with van der Waals surface area (Å²) in [6.07, 6.45) is -4.91. The van der Waals surface area contributed by atoms with Crippen molar-refractivity contribution in [3.05, 3.63) is 16.1 Å². The summed E-state index contributed by atoms with van der Waals surface area (Å²) in [7, 11) is 1.23. The van der Waals surface area contributed by atoms with Crippen LogP contribution in [0.3, 0.4) is 0 Å². The summed E-state index contributed by atoms with van der Waals surface area (Å²) in [5, 5.41) is 8.65. The molecule has 0 saturated heterocycles. The van der Waals surface area contributed by atoms with Gasteiger partial charge in [0.1, 0.15) is 11.6 Å². The molecule has 0 spiro atoms. The lowest BCUT2D eigenvalue weighted by Crippen LogP contribution is -2.19. The molecule has 0 aromatic carbocycles. The highest BCUT2D eigenvalue weighted by Gasteiger charge is 2.33. The molecule has 0 saturated carbocycles. The molecule has 0 aliphatic carbocycles. The van der Waals surface area contributed by atoms with Gasteiger partial charge in [0.15, 0.2) is 0 Å². The number of hydrogen-bond acceptors (Lipinski definition) is 4. The Labute approximate surface area is 96.7 Å². The molecule has 0 aliphatic heterocycles. The van der Waals surface area contributed by atoms with E-state index in [2.05, 4.69) is 30.4 Å². The monoisotopic (exact) mass is 296 g/mol. The van der Waals surface area contributed by atoms with Gasteiger partial charge in [0.05, 0.1) is 7.11 Å². The molecule has 1 aromatic rings. The fraction of sp³-hybridized carbons (Fsp3) is 0.250. The zero-order valence-corrected chi connectivity index (χ0v) is 9.39. The first-order chi connectivity index (χ1) is 7.37. The van der Waals surface area contributed by atoms with Crippen LogP contribution < -0.4 is 9.47 Å². The smallest absolute Gasteiger partial charge is 0.481 e. The highest BCUT2D eigenvalue weighted by atomic mass is 79.9. The van der Waals surface area contributed by atoms with Crippen molar-refractivity contribution in [3.8, 4) is 17.8 Å². The predicted octanol–water partition coefficient (Wildman–Crippen LogP) is 2.62. The Morgan fingerprint density at radius 3 is 2.56 bits per heavy atom. The molecule has 0 bridgehead atoms. The van der Waals surface area contributed by atoms with Crippen LogP contribution in [0.4, 0.5) is 13.2 Å². The number of hydrogen-bond donors (Lipinski definition) is 0. The van der Waals surface area contributed by atoms with Crippen LogP contribution in [0.15, 0.2) is 10.5 Å². The molecule has 8 heteroatoms. The van der Waals surface area contributed by atoms with Crippen molar-refractivity contribution in [2.75, 3.05) is 7.11 Å². The van der Waals surface area contributed by atoms with E-state index in [1.54, 1.807) is 6.07 Å². The second kappa shape index (κ2) is 4.57. The maximum Gasteiger partial charge on any atom is 0.574 e. The Morgan fingerprint density at radius 1 is 1.50 bits per heavy atom. The van der Waals surface area contributed by atoms with Crippen LogP contribution in [0.25, 0.3) is 0 Å². The Morgan fingerprint density at radius 2 is 2.12 bits per heavy atom. The molecule has 0 aliphatic rings. The van der Waals surface area contributed by atoms with Crippen LogP contribution >= 0.6 is 15.9 Å². The summed E-state index contributed by atoms with van der Waals surface area (Å²) in [4.78, 5) is 3.39. The maximum absolute atomic E-state index is 12.0. The predicted molar refractivity (Wildman–Crippen MR) is 49.9 cm³/mol. The molecule has 4 nitrogen and oxygen atoms in total. The zero-order chi connectivity index (χ0) is 12.3. The van der Waals surface area contributed by atoms with Gasteiger partial charge < -0.3 is 9.47 Å². The van der Waals surface area contributed by atoms with E-state index in [0.29, 0.717) is 0 Å². The van der Waals surface area contributed by atoms with Crippen LogP contribution in [0, 0.1) is 11.3 Å². The normalized spacial score (nSPS) is 10.8. The van der Waals surface area contributed by atoms with Crippen LogP contribution in [0.1, 0.15) is 5.56 Å². The fourth-order valence-electron chi connectivity index (χ4n) is 0.860. The van der Waals surface area contributed by atoms with Gasteiger partial charge in [0, 0.05) is 10.5 Å². The number of aromatic nitrogens is 1. The van der Waals surface area contributed by atoms with Crippen molar-refractivity contribution in [2.24, 2.45) is 0 Å². The van der Waals surface area contributed by atoms with Gasteiger partial charge in [-0.05, 0) is 15.9 Å². The van der Waals surface area contributed by atoms with E-state index in [4.69, 9.17) is 5.26 Å². The molecule has 0 radical (unpaired) electrons. The van der Waals surface area contributed by atoms with E-state index in [9.17, 15) is 13.2 Å². The van der Waals surface area contributed by atoms with Gasteiger partial charge in [-0.15, -0.1) is 13.2 Å². The van der Waals surface area contributed by atoms with Gasteiger partial charge in [-0.1, -0.05) is 0 Å². The first kappa shape index (κ1) is 12.6. The van der Waals surface area contributed by atoms with Gasteiger partial charge in [-0.3, -0.25) is 0 Å². The second-order valence-corrected chi connectivity index (χ2v) is 3.34. The van der Waals surface area contributed by atoms with E-state index in [-0.39, 0.29) is 15.9 Å². The van der Waals surface area contributed by atoms with Gasteiger partial charge in [0.25, 0.3) is 0 Å². The van der Waals surface area contributed by atoms with Crippen molar-refractivity contribution in [1.82, 2.24) is 4.98 Å². The Kier molecular flexibility index (Phi) is 3.59. The van der Waals surface area contributed by atoms with E-state index in [1.807, 2.05) is 0 Å². The average molecular weight is 297 g/mol. The second-order valence-electron chi connectivity index (χ2n) is 2.49. The molecule has 0 N–H and O–H groups in total. The summed E-state index contributed by atoms with van der Waals surface area (Å²) in [5.74, 6) is -0.939. The fourth-order valence-corrected chi connectivity index (χ4v) is 1.31. The van der Waals surface area contributed by atoms with E-state index in [0.717, 1.165) is 0 Å². The highest BCUT2D eigenvalue weighted by molar-refractivity contribution is 9.10. The van der Waals surface area contributed by atoms with Crippen LogP contribution in [-0.4, -0.2) is 18.5 Å². The number of methoxy groups -OCH3 is 1. The van der Waals surface area contributed by atoms with Crippen molar-refractivity contribution >= 4 is 15.9 Å². The van der Waals surface area contributed by atoms with E-state index < -0.39 is 12.2 Å². The van der Waals surface area contributed by atoms with Gasteiger partial charge in [-0.2, -0.15) is 10.2 Å². The third-order valence-corrected chi connectivity index (χ3v) is 2.07. The minimum atomic E-state index is -4.91. The third kappa shape index (κ3) is 3.00. The molecule has 1 heterocycles. The number of alkyl halides is 3. The number of pyridine rings is 1. The lowest BCUT2D eigenvalue weighted by molar-refractivity contribution is -0.276. The third-order valence-electron chi connectivity index (χ3n) is 1.45. The number of rotatable bonds is 2. The SMILES string of the molecule is COc1cc(Br)c(C#N)c(OC(F)(F)F)n1. The molecule has 1 aromatic heterocycles. The number of nitrogens with zero attached hydrogens (tertiary/aromatic N) is 2. The summed E-state index contributed by atoms with van der Waals surface area (Å²) in [6.45, 7) is 0. The van der Waals surface area contributed by atoms with Crippen molar-refractivity contribution < 1.29 is 22.6 Å². The average Bonchev–Trinajstić information content (AvgIpc) is 2.14. The van der Waals surface area contributed by atoms with Crippen LogP contribution in [0.2, 0.25) is 0 Å². The molecule has 0 unspecified atom stereocenters. The molecular weight excluding hydrogens is 293 g/mol. The van der Waals surface area contributed by atoms with Gasteiger partial charge in [-0.25, -0.2) is 0 Å². The Hall–Kier alpha value is -1.49. The van der Waals surface area contributed by atoms with Crippen LogP contribution in [-0.2, 0) is 0 Å². The number of ether oxygens (including phenoxy) is 2. The lowest BCUT2D eigenvalue weighted by Gasteiger charge is -2.11. The topological polar surface area (TPSA) is 55.1 Å². The minimum absolute atomic E-state index is 0.0925. The molecule has 0 amide bonds. The van der Waals surface area contributed by atoms with E-state index >= 15 is 0 Å². The first-order valence-corrected chi connectivity index (χ1v) is 4.57. The minimum Gasteiger partial charge on any atom is -0.481 e. The quantitative estimate of drug-likeness (QED) is 0.842. The summed E-state index contributed by atoms with van der Waals surface area (Å²) >= 11 is 2.92. The summed E-state index contributed by atoms with van der Waals surface area (Å²) < 4.78 is 44.4. The van der Waals surface area contributed by atoms with Crippen molar-refractivity contribution in [1.29, 1.82) is 5.26 Å².